The largest absolute Gasteiger partial charge is 0.179 e. The number of unbranched alkanes of at least 4 members (excludes halogenated alkanes) is 25. The van der Waals surface area contributed by atoms with Gasteiger partial charge >= 0.3 is 0 Å². The monoisotopic (exact) mass is 518 g/mol. The minimum atomic E-state index is -1.31. The van der Waals surface area contributed by atoms with Crippen molar-refractivity contribution in [2.24, 2.45) is 0 Å². The lowest BCUT2D eigenvalue weighted by Gasteiger charge is -2.11. The number of hydrogen-bond acceptors (Lipinski definition) is 1. The molecule has 0 heterocycles. The van der Waals surface area contributed by atoms with E-state index in [1.165, 1.54) is 173 Å². The van der Waals surface area contributed by atoms with E-state index in [-0.39, 0.29) is 0 Å². The van der Waals surface area contributed by atoms with Crippen molar-refractivity contribution in [1.29, 1.82) is 0 Å². The molecule has 0 aromatic heterocycles. The van der Waals surface area contributed by atoms with Crippen molar-refractivity contribution in [3.05, 3.63) is 0 Å². The standard InChI is InChI=1S/C30H63ClSSi/c1-33(2,31)30-28-26-24-22-20-18-16-14-12-10-8-6-4-3-5-7-9-11-13-15-17-19-21-23-25-27-29-32/h32H,3-30H2,1-2H3. The summed E-state index contributed by atoms with van der Waals surface area (Å²) in [6, 6.07) is 1.30. The zero-order valence-corrected chi connectivity index (χ0v) is 25.8. The second-order valence-electron chi connectivity index (χ2n) is 11.4. The Kier molecular flexibility index (Phi) is 28.2. The molecule has 0 nitrogen and oxygen atoms in total. The summed E-state index contributed by atoms with van der Waals surface area (Å²) < 4.78 is 0. The Morgan fingerprint density at radius 3 is 0.727 bits per heavy atom. The van der Waals surface area contributed by atoms with Crippen LogP contribution in [-0.4, -0.2) is 13.1 Å². The van der Waals surface area contributed by atoms with Gasteiger partial charge in [-0.2, -0.15) is 23.7 Å². The summed E-state index contributed by atoms with van der Waals surface area (Å²) in [5.41, 5.74) is 0. The molecule has 0 fully saturated rings. The summed E-state index contributed by atoms with van der Waals surface area (Å²) in [6.45, 7) is 4.54. The highest BCUT2D eigenvalue weighted by Gasteiger charge is 2.15. The van der Waals surface area contributed by atoms with Crippen LogP contribution < -0.4 is 0 Å². The van der Waals surface area contributed by atoms with Gasteiger partial charge in [-0.3, -0.25) is 0 Å². The molecule has 0 amide bonds. The van der Waals surface area contributed by atoms with Crippen LogP contribution in [0.4, 0.5) is 0 Å². The van der Waals surface area contributed by atoms with Crippen molar-refractivity contribution in [3.8, 4) is 0 Å². The second-order valence-corrected chi connectivity index (χ2v) is 18.8. The molecule has 0 aliphatic rings. The molecule has 0 aromatic rings. The Hall–Kier alpha value is 0.857. The molecule has 0 rings (SSSR count). The summed E-state index contributed by atoms with van der Waals surface area (Å²) in [4.78, 5) is 0. The zero-order valence-electron chi connectivity index (χ0n) is 23.1. The van der Waals surface area contributed by atoms with Crippen LogP contribution in [-0.2, 0) is 0 Å². The van der Waals surface area contributed by atoms with E-state index in [4.69, 9.17) is 11.1 Å². The maximum atomic E-state index is 6.38. The first-order valence-electron chi connectivity index (χ1n) is 15.4. The van der Waals surface area contributed by atoms with E-state index in [0.29, 0.717) is 0 Å². The smallest absolute Gasteiger partial charge is 0.150 e. The minimum absolute atomic E-state index is 1.07. The van der Waals surface area contributed by atoms with Gasteiger partial charge in [-0.05, 0) is 18.2 Å². The van der Waals surface area contributed by atoms with Gasteiger partial charge in [0.1, 0.15) is 7.38 Å². The van der Waals surface area contributed by atoms with E-state index in [1.807, 2.05) is 0 Å². The van der Waals surface area contributed by atoms with Crippen molar-refractivity contribution >= 4 is 31.1 Å². The summed E-state index contributed by atoms with van der Waals surface area (Å²) in [7, 11) is -1.31. The molecule has 0 spiro atoms. The fourth-order valence-corrected chi connectivity index (χ4v) is 6.62. The minimum Gasteiger partial charge on any atom is -0.179 e. The molecule has 0 saturated carbocycles. The Balaban J connectivity index is 3.03. The van der Waals surface area contributed by atoms with Crippen LogP contribution in [0.15, 0.2) is 0 Å². The van der Waals surface area contributed by atoms with Crippen molar-refractivity contribution in [2.75, 3.05) is 5.75 Å². The van der Waals surface area contributed by atoms with Crippen LogP contribution in [0, 0.1) is 0 Å². The second kappa shape index (κ2) is 27.4. The van der Waals surface area contributed by atoms with E-state index in [2.05, 4.69) is 25.7 Å². The van der Waals surface area contributed by atoms with Gasteiger partial charge in [-0.1, -0.05) is 174 Å². The predicted octanol–water partition coefficient (Wildman–Crippen LogP) is 12.5. The summed E-state index contributed by atoms with van der Waals surface area (Å²) >= 11 is 10.7. The molecule has 33 heavy (non-hydrogen) atoms. The van der Waals surface area contributed by atoms with Crippen LogP contribution >= 0.6 is 23.7 Å². The van der Waals surface area contributed by atoms with Gasteiger partial charge < -0.3 is 0 Å². The maximum Gasteiger partial charge on any atom is 0.150 e. The van der Waals surface area contributed by atoms with Gasteiger partial charge in [0, 0.05) is 0 Å². The lowest BCUT2D eigenvalue weighted by molar-refractivity contribution is 0.516. The molecule has 0 N–H and O–H groups in total. The van der Waals surface area contributed by atoms with E-state index < -0.39 is 7.38 Å². The van der Waals surface area contributed by atoms with E-state index in [1.54, 1.807) is 0 Å². The number of hydrogen-bond donors (Lipinski definition) is 1. The zero-order chi connectivity index (χ0) is 24.3. The molecule has 3 heteroatoms. The Bertz CT molecular complexity index is 356. The number of rotatable bonds is 28. The van der Waals surface area contributed by atoms with Crippen molar-refractivity contribution < 1.29 is 0 Å². The molecular weight excluding hydrogens is 456 g/mol. The molecule has 0 unspecified atom stereocenters. The molecule has 0 aliphatic heterocycles. The Morgan fingerprint density at radius 2 is 0.545 bits per heavy atom. The van der Waals surface area contributed by atoms with Crippen LogP contribution in [0.2, 0.25) is 19.1 Å². The Labute approximate surface area is 222 Å². The molecule has 200 valence electrons. The molecule has 0 aromatic carbocycles. The van der Waals surface area contributed by atoms with E-state index in [9.17, 15) is 0 Å². The van der Waals surface area contributed by atoms with Gasteiger partial charge in [-0.15, -0.1) is 0 Å². The van der Waals surface area contributed by atoms with E-state index >= 15 is 0 Å². The van der Waals surface area contributed by atoms with Gasteiger partial charge in [0.25, 0.3) is 0 Å². The van der Waals surface area contributed by atoms with E-state index in [0.717, 1.165) is 5.75 Å². The quantitative estimate of drug-likeness (QED) is 0.0452. The number of thiol groups is 1. The highest BCUT2D eigenvalue weighted by Crippen LogP contribution is 2.20. The summed E-state index contributed by atoms with van der Waals surface area (Å²) in [5, 5.41) is 0. The third-order valence-corrected chi connectivity index (χ3v) is 9.61. The molecular formula is C30H63ClSSi. The van der Waals surface area contributed by atoms with Gasteiger partial charge in [0.2, 0.25) is 0 Å². The third-order valence-electron chi connectivity index (χ3n) is 7.18. The average Bonchev–Trinajstić information content (AvgIpc) is 2.78. The van der Waals surface area contributed by atoms with Crippen LogP contribution in [0.5, 0.6) is 0 Å². The summed E-state index contributed by atoms with van der Waals surface area (Å²) in [5.74, 6) is 1.07. The highest BCUT2D eigenvalue weighted by atomic mass is 35.6. The molecule has 0 atom stereocenters. The normalized spacial score (nSPS) is 12.0. The maximum absolute atomic E-state index is 6.38. The topological polar surface area (TPSA) is 0 Å². The van der Waals surface area contributed by atoms with Crippen LogP contribution in [0.25, 0.3) is 0 Å². The SMILES string of the molecule is C[Si](C)(Cl)CCCCCCCCCCCCCCCCCCCCCCCCCCCCS. The van der Waals surface area contributed by atoms with Crippen LogP contribution in [0.1, 0.15) is 167 Å². The van der Waals surface area contributed by atoms with Crippen LogP contribution in [0.3, 0.4) is 0 Å². The Morgan fingerprint density at radius 1 is 0.364 bits per heavy atom. The first-order chi connectivity index (χ1) is 16.1. The molecule has 0 aliphatic carbocycles. The molecule has 0 bridgehead atoms. The van der Waals surface area contributed by atoms with Gasteiger partial charge in [0.15, 0.2) is 0 Å². The first kappa shape index (κ1) is 33.9. The molecule has 0 radical (unpaired) electrons. The molecule has 0 saturated heterocycles. The fourth-order valence-electron chi connectivity index (χ4n) is 4.90. The number of halogens is 1. The fraction of sp³-hybridized carbons (Fsp3) is 1.00. The van der Waals surface area contributed by atoms with Gasteiger partial charge in [0.05, 0.1) is 0 Å². The summed E-state index contributed by atoms with van der Waals surface area (Å²) in [6.07, 6.45) is 37.8. The van der Waals surface area contributed by atoms with Crippen molar-refractivity contribution in [1.82, 2.24) is 0 Å². The lowest BCUT2D eigenvalue weighted by atomic mass is 10.0. The third kappa shape index (κ3) is 32.9. The lowest BCUT2D eigenvalue weighted by Crippen LogP contribution is -2.14. The predicted molar refractivity (Wildman–Crippen MR) is 162 cm³/mol. The first-order valence-corrected chi connectivity index (χ1v) is 20.2. The van der Waals surface area contributed by atoms with Gasteiger partial charge in [-0.25, -0.2) is 0 Å². The van der Waals surface area contributed by atoms with Crippen molar-refractivity contribution in [3.63, 3.8) is 0 Å². The average molecular weight is 519 g/mol. The highest BCUT2D eigenvalue weighted by molar-refractivity contribution is 7.80. The van der Waals surface area contributed by atoms with Crippen molar-refractivity contribution in [2.45, 2.75) is 186 Å².